The van der Waals surface area contributed by atoms with E-state index < -0.39 is 18.8 Å². The summed E-state index contributed by atoms with van der Waals surface area (Å²) in [5, 5.41) is 0. The molecule has 0 aromatic heterocycles. The maximum atomic E-state index is 12.1. The van der Waals surface area contributed by atoms with Crippen LogP contribution in [0, 0.1) is 0 Å². The van der Waals surface area contributed by atoms with Crippen molar-refractivity contribution in [1.82, 2.24) is 0 Å². The smallest absolute Gasteiger partial charge is 0.367 e. The third kappa shape index (κ3) is 7.62. The Morgan fingerprint density at radius 2 is 1.73 bits per heavy atom. The van der Waals surface area contributed by atoms with E-state index in [1.54, 1.807) is 0 Å². The van der Waals surface area contributed by atoms with Crippen LogP contribution in [0.15, 0.2) is 0 Å². The van der Waals surface area contributed by atoms with Crippen LogP contribution in [0.1, 0.15) is 39.0 Å². The van der Waals surface area contributed by atoms with Crippen LogP contribution in [0.4, 0.5) is 13.2 Å². The lowest BCUT2D eigenvalue weighted by atomic mass is 10.2. The van der Waals surface area contributed by atoms with Crippen molar-refractivity contribution in [2.24, 2.45) is 5.73 Å². The van der Waals surface area contributed by atoms with Gasteiger partial charge in [-0.15, -0.1) is 0 Å². The highest BCUT2D eigenvalue weighted by Gasteiger charge is 2.39. The molecule has 0 aliphatic carbocycles. The van der Waals surface area contributed by atoms with Crippen molar-refractivity contribution in [2.45, 2.75) is 51.3 Å². The molecule has 0 aromatic rings. The molecular weight excluding hydrogens is 207 g/mol. The molecule has 0 heterocycles. The number of unbranched alkanes of at least 4 members (excludes halogenated alkanes) is 4. The summed E-state index contributed by atoms with van der Waals surface area (Å²) in [5.74, 6) is 0. The molecule has 0 spiro atoms. The van der Waals surface area contributed by atoms with Crippen molar-refractivity contribution < 1.29 is 17.9 Å². The summed E-state index contributed by atoms with van der Waals surface area (Å²) in [4.78, 5) is 0. The van der Waals surface area contributed by atoms with E-state index in [-0.39, 0.29) is 6.61 Å². The van der Waals surface area contributed by atoms with Crippen LogP contribution in [-0.2, 0) is 4.74 Å². The average Bonchev–Trinajstić information content (AvgIpc) is 2.15. The Hall–Kier alpha value is -0.290. The maximum absolute atomic E-state index is 12.1. The van der Waals surface area contributed by atoms with Gasteiger partial charge in [-0.25, -0.2) is 0 Å². The van der Waals surface area contributed by atoms with Gasteiger partial charge in [0, 0.05) is 13.2 Å². The molecule has 0 aromatic carbocycles. The summed E-state index contributed by atoms with van der Waals surface area (Å²) in [6, 6.07) is 0. The molecule has 1 unspecified atom stereocenters. The molecule has 0 fully saturated rings. The second-order valence-corrected chi connectivity index (χ2v) is 3.55. The zero-order chi connectivity index (χ0) is 11.7. The third-order valence-electron chi connectivity index (χ3n) is 2.15. The Balaban J connectivity index is 3.48. The van der Waals surface area contributed by atoms with Gasteiger partial charge in [0.2, 0.25) is 0 Å². The van der Waals surface area contributed by atoms with Crippen LogP contribution in [0.25, 0.3) is 0 Å². The summed E-state index contributed by atoms with van der Waals surface area (Å²) in [7, 11) is 0. The van der Waals surface area contributed by atoms with Gasteiger partial charge in [0.15, 0.2) is 6.10 Å². The molecule has 0 saturated heterocycles. The lowest BCUT2D eigenvalue weighted by molar-refractivity contribution is -0.216. The molecule has 0 bridgehead atoms. The first-order valence-electron chi connectivity index (χ1n) is 5.40. The Morgan fingerprint density at radius 3 is 2.20 bits per heavy atom. The van der Waals surface area contributed by atoms with E-state index in [0.717, 1.165) is 25.7 Å². The lowest BCUT2D eigenvalue weighted by Gasteiger charge is -2.18. The van der Waals surface area contributed by atoms with Gasteiger partial charge in [-0.1, -0.05) is 32.6 Å². The fourth-order valence-corrected chi connectivity index (χ4v) is 1.23. The lowest BCUT2D eigenvalue weighted by Crippen LogP contribution is -2.38. The van der Waals surface area contributed by atoms with E-state index in [1.807, 2.05) is 0 Å². The zero-order valence-corrected chi connectivity index (χ0v) is 9.15. The Bertz CT molecular complexity index is 150. The fraction of sp³-hybridized carbons (Fsp3) is 1.00. The quantitative estimate of drug-likeness (QED) is 0.647. The van der Waals surface area contributed by atoms with Crippen LogP contribution >= 0.6 is 0 Å². The van der Waals surface area contributed by atoms with E-state index >= 15 is 0 Å². The maximum Gasteiger partial charge on any atom is 0.415 e. The normalized spacial score (nSPS) is 14.2. The number of alkyl halides is 3. The van der Waals surface area contributed by atoms with Crippen molar-refractivity contribution in [3.8, 4) is 0 Å². The van der Waals surface area contributed by atoms with E-state index in [1.165, 1.54) is 0 Å². The summed E-state index contributed by atoms with van der Waals surface area (Å²) in [6.45, 7) is 1.73. The van der Waals surface area contributed by atoms with Crippen LogP contribution in [-0.4, -0.2) is 25.4 Å². The molecule has 0 radical (unpaired) electrons. The summed E-state index contributed by atoms with van der Waals surface area (Å²) < 4.78 is 41.1. The van der Waals surface area contributed by atoms with Crippen LogP contribution < -0.4 is 5.73 Å². The number of hydrogen-bond donors (Lipinski definition) is 1. The van der Waals surface area contributed by atoms with E-state index in [4.69, 9.17) is 5.73 Å². The van der Waals surface area contributed by atoms with Crippen LogP contribution in [0.3, 0.4) is 0 Å². The highest BCUT2D eigenvalue weighted by atomic mass is 19.4. The van der Waals surface area contributed by atoms with Gasteiger partial charge >= 0.3 is 6.18 Å². The first kappa shape index (κ1) is 14.7. The Morgan fingerprint density at radius 1 is 1.13 bits per heavy atom. The predicted molar refractivity (Wildman–Crippen MR) is 53.6 cm³/mol. The summed E-state index contributed by atoms with van der Waals surface area (Å²) in [6.07, 6.45) is -1.25. The number of rotatable bonds is 8. The SMILES string of the molecule is CCCCCCCOC(CN)C(F)(F)F. The third-order valence-corrected chi connectivity index (χ3v) is 2.15. The second kappa shape index (κ2) is 7.93. The molecule has 15 heavy (non-hydrogen) atoms. The Kier molecular flexibility index (Phi) is 7.78. The van der Waals surface area contributed by atoms with Gasteiger partial charge in [0.05, 0.1) is 0 Å². The largest absolute Gasteiger partial charge is 0.415 e. The molecule has 0 saturated carbocycles. The first-order chi connectivity index (χ1) is 7.02. The molecule has 2 N–H and O–H groups in total. The molecule has 0 aliphatic rings. The van der Waals surface area contributed by atoms with Crippen molar-refractivity contribution in [3.63, 3.8) is 0 Å². The highest BCUT2D eigenvalue weighted by Crippen LogP contribution is 2.22. The summed E-state index contributed by atoms with van der Waals surface area (Å²) in [5.41, 5.74) is 4.98. The van der Waals surface area contributed by atoms with Gasteiger partial charge in [-0.2, -0.15) is 13.2 Å². The van der Waals surface area contributed by atoms with Gasteiger partial charge in [-0.05, 0) is 6.42 Å². The van der Waals surface area contributed by atoms with Crippen molar-refractivity contribution in [2.75, 3.05) is 13.2 Å². The number of nitrogens with two attached hydrogens (primary N) is 1. The molecule has 0 rings (SSSR count). The van der Waals surface area contributed by atoms with Crippen molar-refractivity contribution in [3.05, 3.63) is 0 Å². The molecule has 0 aliphatic heterocycles. The number of hydrogen-bond acceptors (Lipinski definition) is 2. The average molecular weight is 227 g/mol. The van der Waals surface area contributed by atoms with Crippen LogP contribution in [0.2, 0.25) is 0 Å². The van der Waals surface area contributed by atoms with Crippen molar-refractivity contribution in [1.29, 1.82) is 0 Å². The van der Waals surface area contributed by atoms with E-state index in [9.17, 15) is 13.2 Å². The monoisotopic (exact) mass is 227 g/mol. The minimum Gasteiger partial charge on any atom is -0.367 e. The van der Waals surface area contributed by atoms with Gasteiger partial charge in [0.25, 0.3) is 0 Å². The topological polar surface area (TPSA) is 35.2 Å². The molecule has 92 valence electrons. The highest BCUT2D eigenvalue weighted by molar-refractivity contribution is 4.67. The fourth-order valence-electron chi connectivity index (χ4n) is 1.23. The predicted octanol–water partition coefficient (Wildman–Crippen LogP) is 2.86. The molecular formula is C10H20F3NO. The molecule has 1 atom stereocenters. The second-order valence-electron chi connectivity index (χ2n) is 3.55. The van der Waals surface area contributed by atoms with Crippen molar-refractivity contribution >= 4 is 0 Å². The number of halogens is 3. The number of ether oxygens (including phenoxy) is 1. The standard InChI is InChI=1S/C10H20F3NO/c1-2-3-4-5-6-7-15-9(8-14)10(11,12)13/h9H,2-8,14H2,1H3. The molecule has 5 heteroatoms. The minimum atomic E-state index is -4.34. The summed E-state index contributed by atoms with van der Waals surface area (Å²) >= 11 is 0. The van der Waals surface area contributed by atoms with E-state index in [0.29, 0.717) is 6.42 Å². The van der Waals surface area contributed by atoms with Gasteiger partial charge in [0.1, 0.15) is 0 Å². The van der Waals surface area contributed by atoms with E-state index in [2.05, 4.69) is 11.7 Å². The minimum absolute atomic E-state index is 0.144. The van der Waals surface area contributed by atoms with Gasteiger partial charge in [-0.3, -0.25) is 0 Å². The van der Waals surface area contributed by atoms with Crippen LogP contribution in [0.5, 0.6) is 0 Å². The zero-order valence-electron chi connectivity index (χ0n) is 9.15. The Labute approximate surface area is 89.0 Å². The molecule has 2 nitrogen and oxygen atoms in total. The first-order valence-corrected chi connectivity index (χ1v) is 5.40. The molecule has 0 amide bonds. The van der Waals surface area contributed by atoms with Gasteiger partial charge < -0.3 is 10.5 Å².